The highest BCUT2D eigenvalue weighted by molar-refractivity contribution is 7.17. The number of pyridine rings is 1. The minimum absolute atomic E-state index is 0.0610. The monoisotopic (exact) mass is 422 g/mol. The normalized spacial score (nSPS) is 11.4. The molecular weight excluding hydrogens is 400 g/mol. The Hall–Kier alpha value is -3.60. The number of hydrogen-bond donors (Lipinski definition) is 0. The first-order chi connectivity index (χ1) is 15.2. The molecule has 31 heavy (non-hydrogen) atoms. The molecule has 0 aliphatic carbocycles. The zero-order chi connectivity index (χ0) is 21.6. The first-order valence-corrected chi connectivity index (χ1v) is 11.0. The van der Waals surface area contributed by atoms with Gasteiger partial charge >= 0.3 is 0 Å². The molecule has 0 aliphatic heterocycles. The summed E-state index contributed by atoms with van der Waals surface area (Å²) in [7, 11) is 0. The maximum atomic E-state index is 9.01. The van der Waals surface area contributed by atoms with E-state index in [9.17, 15) is 0 Å². The molecule has 0 saturated heterocycles. The summed E-state index contributed by atoms with van der Waals surface area (Å²) in [6.07, 6.45) is 2.27. The van der Waals surface area contributed by atoms with E-state index in [4.69, 9.17) is 10.00 Å². The highest BCUT2D eigenvalue weighted by Crippen LogP contribution is 2.35. The van der Waals surface area contributed by atoms with Crippen LogP contribution in [0.4, 0.5) is 0 Å². The van der Waals surface area contributed by atoms with Gasteiger partial charge in [-0.25, -0.2) is 4.98 Å². The van der Waals surface area contributed by atoms with Gasteiger partial charge in [-0.1, -0.05) is 42.3 Å². The fraction of sp³-hybridized carbons (Fsp3) is 0.185. The third-order valence-electron chi connectivity index (χ3n) is 5.22. The Labute approximate surface area is 187 Å². The van der Waals surface area contributed by atoms with Crippen LogP contribution in [0.15, 0.2) is 66.2 Å². The van der Waals surface area contributed by atoms with Crippen molar-refractivity contribution in [1.82, 2.24) is 4.98 Å². The molecule has 4 aromatic rings. The first-order valence-electron chi connectivity index (χ1n) is 10.1. The van der Waals surface area contributed by atoms with Crippen LogP contribution in [0.3, 0.4) is 0 Å². The van der Waals surface area contributed by atoms with Gasteiger partial charge in [0.15, 0.2) is 0 Å². The zero-order valence-corrected chi connectivity index (χ0v) is 18.4. The van der Waals surface area contributed by atoms with Crippen LogP contribution in [-0.2, 0) is 6.61 Å². The van der Waals surface area contributed by atoms with E-state index in [0.717, 1.165) is 27.1 Å². The fourth-order valence-corrected chi connectivity index (χ4v) is 4.50. The summed E-state index contributed by atoms with van der Waals surface area (Å²) in [4.78, 5) is 5.67. The lowest BCUT2D eigenvalue weighted by atomic mass is 9.97. The molecule has 2 heterocycles. The number of aromatic nitrogens is 1. The van der Waals surface area contributed by atoms with Gasteiger partial charge in [-0.3, -0.25) is 0 Å². The quantitative estimate of drug-likeness (QED) is 0.318. The summed E-state index contributed by atoms with van der Waals surface area (Å²) in [6, 6.07) is 20.6. The average molecular weight is 423 g/mol. The number of benzene rings is 2. The van der Waals surface area contributed by atoms with Gasteiger partial charge in [-0.05, 0) is 48.7 Å². The topological polar surface area (TPSA) is 45.9 Å². The van der Waals surface area contributed by atoms with E-state index in [1.54, 1.807) is 18.3 Å². The van der Waals surface area contributed by atoms with Gasteiger partial charge in [0.25, 0.3) is 0 Å². The molecule has 3 nitrogen and oxygen atoms in total. The van der Waals surface area contributed by atoms with Crippen LogP contribution in [-0.4, -0.2) is 4.98 Å². The molecule has 0 spiro atoms. The Morgan fingerprint density at radius 3 is 2.65 bits per heavy atom. The number of rotatable bonds is 6. The first kappa shape index (κ1) is 20.7. The number of nitrogens with zero attached hydrogens (tertiary/aromatic N) is 2. The Morgan fingerprint density at radius 2 is 1.90 bits per heavy atom. The maximum absolute atomic E-state index is 9.01. The van der Waals surface area contributed by atoms with Crippen molar-refractivity contribution in [3.8, 4) is 34.8 Å². The van der Waals surface area contributed by atoms with Crippen molar-refractivity contribution in [2.45, 2.75) is 32.8 Å². The van der Waals surface area contributed by atoms with Crippen molar-refractivity contribution in [3.05, 3.63) is 82.9 Å². The van der Waals surface area contributed by atoms with Gasteiger partial charge in [0.05, 0.1) is 18.4 Å². The van der Waals surface area contributed by atoms with Gasteiger partial charge in [0.1, 0.15) is 17.2 Å². The van der Waals surface area contributed by atoms with E-state index >= 15 is 0 Å². The lowest BCUT2D eigenvalue weighted by Gasteiger charge is -2.10. The Morgan fingerprint density at radius 1 is 1.10 bits per heavy atom. The number of nitriles is 1. The van der Waals surface area contributed by atoms with Gasteiger partial charge < -0.3 is 4.74 Å². The molecule has 0 N–H and O–H groups in total. The molecule has 2 aromatic carbocycles. The van der Waals surface area contributed by atoms with Crippen LogP contribution < -0.4 is 4.74 Å². The van der Waals surface area contributed by atoms with Crippen molar-refractivity contribution in [1.29, 1.82) is 5.26 Å². The van der Waals surface area contributed by atoms with E-state index in [1.807, 2.05) is 30.5 Å². The summed E-state index contributed by atoms with van der Waals surface area (Å²) in [6.45, 7) is 4.38. The van der Waals surface area contributed by atoms with E-state index in [0.29, 0.717) is 13.0 Å². The highest BCUT2D eigenvalue weighted by Gasteiger charge is 2.11. The standard InChI is InChI=1S/C27H22N2OS/c1-3-6-21(13-14-28)22-9-11-23(12-10-22)30-17-20-15-25-26(18-31-27(25)29-16-20)24-8-5-4-7-19(24)2/h4-5,7-12,15-16,18,21H,13,17H2,1-2H3/t21-/m0/s1. The molecule has 0 aliphatic rings. The minimum atomic E-state index is -0.0610. The van der Waals surface area contributed by atoms with Crippen LogP contribution in [0.2, 0.25) is 0 Å². The van der Waals surface area contributed by atoms with E-state index in [2.05, 4.69) is 65.5 Å². The number of aryl methyl sites for hydroxylation is 1. The van der Waals surface area contributed by atoms with Crippen molar-refractivity contribution < 1.29 is 4.74 Å². The lowest BCUT2D eigenvalue weighted by molar-refractivity contribution is 0.306. The molecule has 0 saturated carbocycles. The zero-order valence-electron chi connectivity index (χ0n) is 17.6. The van der Waals surface area contributed by atoms with E-state index < -0.39 is 0 Å². The molecule has 4 heteroatoms. The van der Waals surface area contributed by atoms with E-state index in [1.165, 1.54) is 16.7 Å². The smallest absolute Gasteiger partial charge is 0.123 e. The molecule has 1 atom stereocenters. The van der Waals surface area contributed by atoms with Gasteiger partial charge in [-0.2, -0.15) is 5.26 Å². The SMILES string of the molecule is CC#C[C@@H](CC#N)c1ccc(OCc2cnc3scc(-c4ccccc4C)c3c2)cc1. The Kier molecular flexibility index (Phi) is 6.32. The van der Waals surface area contributed by atoms with Crippen molar-refractivity contribution in [3.63, 3.8) is 0 Å². The maximum Gasteiger partial charge on any atom is 0.123 e. The number of thiophene rings is 1. The Bertz CT molecular complexity index is 1300. The van der Waals surface area contributed by atoms with Crippen LogP contribution >= 0.6 is 11.3 Å². The predicted molar refractivity (Wildman–Crippen MR) is 127 cm³/mol. The second-order valence-corrected chi connectivity index (χ2v) is 8.19. The largest absolute Gasteiger partial charge is 0.489 e. The molecule has 0 radical (unpaired) electrons. The molecule has 0 unspecified atom stereocenters. The van der Waals surface area contributed by atoms with Gasteiger partial charge in [0, 0.05) is 28.1 Å². The van der Waals surface area contributed by atoms with Crippen LogP contribution in [0.1, 0.15) is 36.0 Å². The summed E-state index contributed by atoms with van der Waals surface area (Å²) in [5.41, 5.74) is 5.78. The number of hydrogen-bond acceptors (Lipinski definition) is 4. The van der Waals surface area contributed by atoms with Crippen molar-refractivity contribution in [2.24, 2.45) is 0 Å². The van der Waals surface area contributed by atoms with Crippen molar-refractivity contribution in [2.75, 3.05) is 0 Å². The molecular formula is C27H22N2OS. The number of fused-ring (bicyclic) bond motifs is 1. The summed E-state index contributed by atoms with van der Waals surface area (Å²) in [5, 5.41) is 12.4. The second-order valence-electron chi connectivity index (χ2n) is 7.33. The predicted octanol–water partition coefficient (Wildman–Crippen LogP) is 6.87. The molecule has 4 rings (SSSR count). The minimum Gasteiger partial charge on any atom is -0.489 e. The lowest BCUT2D eigenvalue weighted by Crippen LogP contribution is -1.98. The van der Waals surface area contributed by atoms with Crippen LogP contribution in [0.25, 0.3) is 21.3 Å². The molecule has 0 fully saturated rings. The van der Waals surface area contributed by atoms with Gasteiger partial charge in [-0.15, -0.1) is 17.3 Å². The van der Waals surface area contributed by atoms with Gasteiger partial charge in [0.2, 0.25) is 0 Å². The molecule has 0 bridgehead atoms. The van der Waals surface area contributed by atoms with Crippen molar-refractivity contribution >= 4 is 21.6 Å². The van der Waals surface area contributed by atoms with E-state index in [-0.39, 0.29) is 5.92 Å². The fourth-order valence-electron chi connectivity index (χ4n) is 3.60. The van der Waals surface area contributed by atoms with Crippen LogP contribution in [0, 0.1) is 30.1 Å². The summed E-state index contributed by atoms with van der Waals surface area (Å²) in [5.74, 6) is 6.72. The molecule has 0 amide bonds. The Balaban J connectivity index is 1.52. The highest BCUT2D eigenvalue weighted by atomic mass is 32.1. The second kappa shape index (κ2) is 9.47. The third kappa shape index (κ3) is 4.61. The summed E-state index contributed by atoms with van der Waals surface area (Å²) >= 11 is 1.67. The van der Waals surface area contributed by atoms with Crippen LogP contribution in [0.5, 0.6) is 5.75 Å². The third-order valence-corrected chi connectivity index (χ3v) is 6.13. The average Bonchev–Trinajstić information content (AvgIpc) is 3.21. The molecule has 2 aromatic heterocycles. The number of ether oxygens (including phenoxy) is 1. The summed E-state index contributed by atoms with van der Waals surface area (Å²) < 4.78 is 6.00. The molecule has 152 valence electrons.